The van der Waals surface area contributed by atoms with Crippen LogP contribution in [0.2, 0.25) is 0 Å². The van der Waals surface area contributed by atoms with E-state index < -0.39 is 5.25 Å². The van der Waals surface area contributed by atoms with Crippen LogP contribution in [0.1, 0.15) is 34.7 Å². The second-order valence-corrected chi connectivity index (χ2v) is 9.55. The van der Waals surface area contributed by atoms with Gasteiger partial charge in [-0.25, -0.2) is 4.39 Å². The molecule has 37 heavy (non-hydrogen) atoms. The Kier molecular flexibility index (Phi) is 8.39. The van der Waals surface area contributed by atoms with Crippen molar-refractivity contribution in [2.45, 2.75) is 37.8 Å². The van der Waals surface area contributed by atoms with Gasteiger partial charge in [-0.2, -0.15) is 0 Å². The first-order valence-electron chi connectivity index (χ1n) is 11.8. The first-order chi connectivity index (χ1) is 17.8. The van der Waals surface area contributed by atoms with Crippen LogP contribution >= 0.6 is 11.8 Å². The van der Waals surface area contributed by atoms with Gasteiger partial charge in [0.15, 0.2) is 16.7 Å². The number of nitro groups is 1. The molecular formula is C27H27FN4O4S. The lowest BCUT2D eigenvalue weighted by atomic mass is 10.1. The molecule has 0 spiro atoms. The molecule has 8 nitrogen and oxygen atoms in total. The number of ether oxygens (including phenoxy) is 2. The van der Waals surface area contributed by atoms with E-state index in [1.54, 1.807) is 41.8 Å². The van der Waals surface area contributed by atoms with Gasteiger partial charge in [0.05, 0.1) is 6.61 Å². The zero-order chi connectivity index (χ0) is 26.4. The lowest BCUT2D eigenvalue weighted by Gasteiger charge is -2.17. The number of aromatic nitrogens is 3. The summed E-state index contributed by atoms with van der Waals surface area (Å²) in [6.45, 7) is 6.11. The summed E-state index contributed by atoms with van der Waals surface area (Å²) < 4.78 is 27.1. The number of halogens is 1. The average molecular weight is 523 g/mol. The molecule has 0 saturated carbocycles. The number of rotatable bonds is 11. The monoisotopic (exact) mass is 522 g/mol. The van der Waals surface area contributed by atoms with Crippen molar-refractivity contribution in [1.29, 1.82) is 0 Å². The molecule has 0 aliphatic carbocycles. The van der Waals surface area contributed by atoms with E-state index in [1.165, 1.54) is 29.5 Å². The second kappa shape index (κ2) is 11.9. The molecule has 0 radical (unpaired) electrons. The molecule has 0 aliphatic rings. The van der Waals surface area contributed by atoms with Gasteiger partial charge in [-0.15, -0.1) is 10.2 Å². The molecule has 4 aromatic rings. The average Bonchev–Trinajstić information content (AvgIpc) is 3.24. The van der Waals surface area contributed by atoms with Gasteiger partial charge >= 0.3 is 0 Å². The van der Waals surface area contributed by atoms with E-state index in [-0.39, 0.29) is 17.3 Å². The Labute approximate surface area is 218 Å². The number of hydrogen-bond acceptors (Lipinski definition) is 7. The van der Waals surface area contributed by atoms with Crippen LogP contribution in [0.25, 0.3) is 5.69 Å². The molecule has 10 heteroatoms. The van der Waals surface area contributed by atoms with E-state index in [0.29, 0.717) is 46.9 Å². The van der Waals surface area contributed by atoms with Crippen LogP contribution in [-0.2, 0) is 6.61 Å². The van der Waals surface area contributed by atoms with Gasteiger partial charge in [0, 0.05) is 10.6 Å². The van der Waals surface area contributed by atoms with Crippen LogP contribution in [0.5, 0.6) is 11.5 Å². The maximum Gasteiger partial charge on any atom is 0.220 e. The fraction of sp³-hybridized carbons (Fsp3) is 0.259. The number of thioether (sulfide) groups is 1. The lowest BCUT2D eigenvalue weighted by Crippen LogP contribution is -2.11. The third kappa shape index (κ3) is 6.65. The highest BCUT2D eigenvalue weighted by Crippen LogP contribution is 2.39. The lowest BCUT2D eigenvalue weighted by molar-refractivity contribution is -0.479. The topological polar surface area (TPSA) is 92.3 Å². The normalized spacial score (nSPS) is 11.8. The van der Waals surface area contributed by atoms with Crippen LogP contribution in [0, 0.1) is 29.8 Å². The second-order valence-electron chi connectivity index (χ2n) is 8.38. The molecule has 1 heterocycles. The molecule has 4 rings (SSSR count). The summed E-state index contributed by atoms with van der Waals surface area (Å²) in [5.74, 6) is 1.30. The van der Waals surface area contributed by atoms with Crippen molar-refractivity contribution in [1.82, 2.24) is 14.8 Å². The van der Waals surface area contributed by atoms with Gasteiger partial charge in [-0.05, 0) is 68.3 Å². The third-order valence-electron chi connectivity index (χ3n) is 5.60. The Morgan fingerprint density at radius 1 is 1.00 bits per heavy atom. The Balaban J connectivity index is 1.61. The van der Waals surface area contributed by atoms with Crippen LogP contribution in [0.3, 0.4) is 0 Å². The highest BCUT2D eigenvalue weighted by atomic mass is 32.2. The first-order valence-corrected chi connectivity index (χ1v) is 12.6. The van der Waals surface area contributed by atoms with Crippen LogP contribution in [0.4, 0.5) is 4.39 Å². The minimum absolute atomic E-state index is 0.338. The minimum atomic E-state index is -0.580. The molecule has 0 N–H and O–H groups in total. The number of nitrogens with zero attached hydrogens (tertiary/aromatic N) is 4. The highest BCUT2D eigenvalue weighted by Gasteiger charge is 2.25. The van der Waals surface area contributed by atoms with Gasteiger partial charge in [-0.3, -0.25) is 14.7 Å². The Morgan fingerprint density at radius 2 is 1.73 bits per heavy atom. The Hall–Kier alpha value is -3.92. The third-order valence-corrected chi connectivity index (χ3v) is 6.78. The summed E-state index contributed by atoms with van der Waals surface area (Å²) in [5.41, 5.74) is 3.55. The highest BCUT2D eigenvalue weighted by molar-refractivity contribution is 7.99. The molecule has 0 fully saturated rings. The Morgan fingerprint density at radius 3 is 2.41 bits per heavy atom. The van der Waals surface area contributed by atoms with Crippen LogP contribution < -0.4 is 9.47 Å². The van der Waals surface area contributed by atoms with Crippen molar-refractivity contribution in [3.63, 3.8) is 0 Å². The van der Waals surface area contributed by atoms with Crippen molar-refractivity contribution >= 4 is 11.8 Å². The minimum Gasteiger partial charge on any atom is -0.490 e. The van der Waals surface area contributed by atoms with Crippen molar-refractivity contribution in [3.05, 3.63) is 105 Å². The standard InChI is InChI=1S/C27H27FN4O4S/c1-4-35-25-15-21(9-14-24(25)36-17-20-7-5-18(2)6-8-20)26(16-31(33)34)37-27-30-29-19(3)32(27)23-12-10-22(28)11-13-23/h5-15,26H,4,16-17H2,1-3H3/t26-/m0/s1. The van der Waals surface area contributed by atoms with Gasteiger partial charge in [-0.1, -0.05) is 47.7 Å². The van der Waals surface area contributed by atoms with Crippen LogP contribution in [0.15, 0.2) is 71.9 Å². The molecule has 0 bridgehead atoms. The maximum absolute atomic E-state index is 13.5. The summed E-state index contributed by atoms with van der Waals surface area (Å²) in [6.07, 6.45) is 0. The number of aryl methyl sites for hydroxylation is 2. The number of hydrogen-bond donors (Lipinski definition) is 0. The fourth-order valence-electron chi connectivity index (χ4n) is 3.74. The molecule has 1 aromatic heterocycles. The van der Waals surface area contributed by atoms with Crippen molar-refractivity contribution in [2.24, 2.45) is 0 Å². The first kappa shape index (κ1) is 26.2. The van der Waals surface area contributed by atoms with Gasteiger partial charge in [0.2, 0.25) is 6.54 Å². The molecule has 1 atom stereocenters. The summed E-state index contributed by atoms with van der Waals surface area (Å²) in [7, 11) is 0. The molecule has 192 valence electrons. The summed E-state index contributed by atoms with van der Waals surface area (Å²) in [6, 6.07) is 19.4. The summed E-state index contributed by atoms with van der Waals surface area (Å²) in [5, 5.41) is 19.9. The zero-order valence-corrected chi connectivity index (χ0v) is 21.6. The van der Waals surface area contributed by atoms with Gasteiger partial charge < -0.3 is 9.47 Å². The maximum atomic E-state index is 13.5. The van der Waals surface area contributed by atoms with E-state index in [0.717, 1.165) is 5.56 Å². The summed E-state index contributed by atoms with van der Waals surface area (Å²) in [4.78, 5) is 11.2. The number of benzene rings is 3. The van der Waals surface area contributed by atoms with Crippen molar-refractivity contribution in [3.8, 4) is 17.2 Å². The van der Waals surface area contributed by atoms with E-state index in [1.807, 2.05) is 38.1 Å². The van der Waals surface area contributed by atoms with Crippen LogP contribution in [-0.4, -0.2) is 32.8 Å². The molecule has 0 unspecified atom stereocenters. The zero-order valence-electron chi connectivity index (χ0n) is 20.8. The summed E-state index contributed by atoms with van der Waals surface area (Å²) >= 11 is 1.22. The largest absolute Gasteiger partial charge is 0.490 e. The van der Waals surface area contributed by atoms with Crippen molar-refractivity contribution in [2.75, 3.05) is 13.2 Å². The van der Waals surface area contributed by atoms with Gasteiger partial charge in [0.25, 0.3) is 0 Å². The molecule has 0 saturated heterocycles. The molecular weight excluding hydrogens is 495 g/mol. The van der Waals surface area contributed by atoms with E-state index in [9.17, 15) is 14.5 Å². The predicted octanol–water partition coefficient (Wildman–Crippen LogP) is 6.11. The smallest absolute Gasteiger partial charge is 0.220 e. The molecule has 0 amide bonds. The SMILES string of the molecule is CCOc1cc([C@H](C[N+](=O)[O-])Sc2nnc(C)n2-c2ccc(F)cc2)ccc1OCc1ccc(C)cc1. The molecule has 3 aromatic carbocycles. The van der Waals surface area contributed by atoms with E-state index in [2.05, 4.69) is 10.2 Å². The predicted molar refractivity (Wildman–Crippen MR) is 140 cm³/mol. The van der Waals surface area contributed by atoms with E-state index >= 15 is 0 Å². The van der Waals surface area contributed by atoms with Crippen molar-refractivity contribution < 1.29 is 18.8 Å². The quantitative estimate of drug-likeness (QED) is 0.133. The fourth-order valence-corrected chi connectivity index (χ4v) is 4.90. The molecule has 0 aliphatic heterocycles. The Bertz CT molecular complexity index is 1360. The van der Waals surface area contributed by atoms with E-state index in [4.69, 9.17) is 9.47 Å². The van der Waals surface area contributed by atoms with Gasteiger partial charge in [0.1, 0.15) is 23.5 Å².